The van der Waals surface area contributed by atoms with E-state index >= 15 is 0 Å². The molecule has 8 heteroatoms. The number of ether oxygens (including phenoxy) is 3. The summed E-state index contributed by atoms with van der Waals surface area (Å²) in [5.74, 6) is 2.74. The van der Waals surface area contributed by atoms with Gasteiger partial charge in [0.15, 0.2) is 11.5 Å². The molecule has 2 saturated carbocycles. The lowest BCUT2D eigenvalue weighted by molar-refractivity contribution is 0.0917. The predicted molar refractivity (Wildman–Crippen MR) is 141 cm³/mol. The van der Waals surface area contributed by atoms with Crippen LogP contribution in [-0.2, 0) is 0 Å². The van der Waals surface area contributed by atoms with Crippen LogP contribution in [0.4, 0.5) is 5.69 Å². The molecule has 0 radical (unpaired) electrons. The molecule has 2 fully saturated rings. The third-order valence-corrected chi connectivity index (χ3v) is 8.08. The molecular formula is C29H37N3O5. The Balaban J connectivity index is 1.16. The lowest BCUT2D eigenvalue weighted by atomic mass is 9.76. The Morgan fingerprint density at radius 3 is 2.24 bits per heavy atom. The zero-order valence-electron chi connectivity index (χ0n) is 21.5. The molecule has 2 amide bonds. The zero-order valence-corrected chi connectivity index (χ0v) is 21.5. The molecular weight excluding hydrogens is 470 g/mol. The highest BCUT2D eigenvalue weighted by molar-refractivity contribution is 6.06. The van der Waals surface area contributed by atoms with Gasteiger partial charge in [-0.2, -0.15) is 0 Å². The van der Waals surface area contributed by atoms with Crippen molar-refractivity contribution in [1.82, 2.24) is 5.32 Å². The first kappa shape index (κ1) is 25.4. The number of hydrogen-bond donors (Lipinski definition) is 3. The minimum Gasteiger partial charge on any atom is -0.495 e. The standard InChI is InChI=1S/C29H37N3O5/c1-35-25-12-6-20(15-24(25)32-29(34)21-7-13-26-27(16-21)37-17-36-26)28(33)31-23-10-4-19(5-11-23)14-18-2-8-22(30)9-3-18/h6-7,12-13,15-16,18-19,22-23H,2-5,8-11,14,17,30H2,1H3,(H,31,33)(H,32,34). The average Bonchev–Trinajstić information content (AvgIpc) is 3.39. The molecule has 0 spiro atoms. The average molecular weight is 508 g/mol. The number of nitrogens with one attached hydrogen (secondary N) is 2. The van der Waals surface area contributed by atoms with Gasteiger partial charge in [-0.1, -0.05) is 0 Å². The van der Waals surface area contributed by atoms with E-state index in [1.54, 1.807) is 36.4 Å². The van der Waals surface area contributed by atoms with E-state index < -0.39 is 0 Å². The number of rotatable bonds is 7. The van der Waals surface area contributed by atoms with Gasteiger partial charge in [0.05, 0.1) is 12.8 Å². The van der Waals surface area contributed by atoms with Crippen LogP contribution in [0.2, 0.25) is 0 Å². The van der Waals surface area contributed by atoms with Crippen LogP contribution in [0.25, 0.3) is 0 Å². The number of anilines is 1. The summed E-state index contributed by atoms with van der Waals surface area (Å²) in [5, 5.41) is 6.07. The first-order chi connectivity index (χ1) is 18.0. The molecule has 1 heterocycles. The molecule has 0 saturated heterocycles. The second-order valence-corrected chi connectivity index (χ2v) is 10.6. The highest BCUT2D eigenvalue weighted by atomic mass is 16.7. The zero-order chi connectivity index (χ0) is 25.8. The summed E-state index contributed by atoms with van der Waals surface area (Å²) in [6.45, 7) is 0.142. The van der Waals surface area contributed by atoms with Gasteiger partial charge in [-0.3, -0.25) is 9.59 Å². The Bertz CT molecular complexity index is 1120. The number of fused-ring (bicyclic) bond motifs is 1. The van der Waals surface area contributed by atoms with Crippen molar-refractivity contribution < 1.29 is 23.8 Å². The van der Waals surface area contributed by atoms with Crippen molar-refractivity contribution in [3.8, 4) is 17.2 Å². The highest BCUT2D eigenvalue weighted by Crippen LogP contribution is 2.36. The van der Waals surface area contributed by atoms with E-state index in [1.165, 1.54) is 26.4 Å². The van der Waals surface area contributed by atoms with Crippen molar-refractivity contribution in [3.63, 3.8) is 0 Å². The third-order valence-electron chi connectivity index (χ3n) is 8.08. The van der Waals surface area contributed by atoms with Gasteiger partial charge in [0.1, 0.15) is 5.75 Å². The Kier molecular flexibility index (Phi) is 7.84. The van der Waals surface area contributed by atoms with Crippen molar-refractivity contribution in [1.29, 1.82) is 0 Å². The fourth-order valence-corrected chi connectivity index (χ4v) is 5.89. The summed E-state index contributed by atoms with van der Waals surface area (Å²) >= 11 is 0. The van der Waals surface area contributed by atoms with Crippen molar-refractivity contribution in [2.24, 2.45) is 17.6 Å². The normalized spacial score (nSPS) is 24.8. The minimum atomic E-state index is -0.326. The van der Waals surface area contributed by atoms with E-state index in [-0.39, 0.29) is 24.6 Å². The Labute approximate surface area is 218 Å². The summed E-state index contributed by atoms with van der Waals surface area (Å²) in [7, 11) is 1.53. The maximum Gasteiger partial charge on any atom is 0.255 e. The molecule has 2 aromatic carbocycles. The second-order valence-electron chi connectivity index (χ2n) is 10.6. The molecule has 37 heavy (non-hydrogen) atoms. The quantitative estimate of drug-likeness (QED) is 0.493. The molecule has 0 atom stereocenters. The SMILES string of the molecule is COc1ccc(C(=O)NC2CCC(CC3CCC(N)CC3)CC2)cc1NC(=O)c1ccc2c(c1)OCO2. The van der Waals surface area contributed by atoms with Crippen molar-refractivity contribution in [2.45, 2.75) is 69.9 Å². The van der Waals surface area contributed by atoms with Crippen LogP contribution < -0.4 is 30.6 Å². The Hall–Kier alpha value is -3.26. The number of benzene rings is 2. The molecule has 2 aliphatic carbocycles. The molecule has 8 nitrogen and oxygen atoms in total. The van der Waals surface area contributed by atoms with Gasteiger partial charge in [0, 0.05) is 23.2 Å². The van der Waals surface area contributed by atoms with Gasteiger partial charge in [0.25, 0.3) is 11.8 Å². The van der Waals surface area contributed by atoms with Gasteiger partial charge in [-0.25, -0.2) is 0 Å². The maximum absolute atomic E-state index is 13.1. The van der Waals surface area contributed by atoms with E-state index in [0.717, 1.165) is 50.4 Å². The molecule has 0 unspecified atom stereocenters. The van der Waals surface area contributed by atoms with E-state index in [4.69, 9.17) is 19.9 Å². The van der Waals surface area contributed by atoms with Crippen LogP contribution in [-0.4, -0.2) is 37.8 Å². The van der Waals surface area contributed by atoms with E-state index in [2.05, 4.69) is 10.6 Å². The number of methoxy groups -OCH3 is 1. The summed E-state index contributed by atoms with van der Waals surface area (Å²) in [5.41, 5.74) is 7.41. The summed E-state index contributed by atoms with van der Waals surface area (Å²) in [4.78, 5) is 26.0. The molecule has 4 N–H and O–H groups in total. The van der Waals surface area contributed by atoms with Crippen molar-refractivity contribution >= 4 is 17.5 Å². The summed E-state index contributed by atoms with van der Waals surface area (Å²) in [6, 6.07) is 10.7. The predicted octanol–water partition coefficient (Wildman–Crippen LogP) is 4.87. The van der Waals surface area contributed by atoms with Gasteiger partial charge < -0.3 is 30.6 Å². The number of carbonyl (C=O) groups excluding carboxylic acids is 2. The van der Waals surface area contributed by atoms with Gasteiger partial charge >= 0.3 is 0 Å². The van der Waals surface area contributed by atoms with Crippen LogP contribution in [0.15, 0.2) is 36.4 Å². The fourth-order valence-electron chi connectivity index (χ4n) is 5.89. The molecule has 0 aromatic heterocycles. The number of amides is 2. The smallest absolute Gasteiger partial charge is 0.255 e. The third kappa shape index (κ3) is 6.18. The summed E-state index contributed by atoms with van der Waals surface area (Å²) < 4.78 is 16.1. The number of nitrogens with two attached hydrogens (primary N) is 1. The second kappa shape index (κ2) is 11.4. The molecule has 1 aliphatic heterocycles. The van der Waals surface area contributed by atoms with Gasteiger partial charge in [-0.05, 0) is 106 Å². The highest BCUT2D eigenvalue weighted by Gasteiger charge is 2.27. The summed E-state index contributed by atoms with van der Waals surface area (Å²) in [6.07, 6.45) is 10.5. The van der Waals surface area contributed by atoms with Gasteiger partial charge in [0.2, 0.25) is 6.79 Å². The fraction of sp³-hybridized carbons (Fsp3) is 0.517. The molecule has 3 aliphatic rings. The van der Waals surface area contributed by atoms with Crippen LogP contribution >= 0.6 is 0 Å². The van der Waals surface area contributed by atoms with Gasteiger partial charge in [-0.15, -0.1) is 0 Å². The lowest BCUT2D eigenvalue weighted by Crippen LogP contribution is -2.38. The van der Waals surface area contributed by atoms with Crippen LogP contribution in [0, 0.1) is 11.8 Å². The van der Waals surface area contributed by atoms with E-state index in [1.807, 2.05) is 0 Å². The molecule has 198 valence electrons. The molecule has 2 aromatic rings. The Morgan fingerprint density at radius 1 is 0.865 bits per heavy atom. The van der Waals surface area contributed by atoms with Crippen LogP contribution in [0.1, 0.15) is 78.5 Å². The van der Waals surface area contributed by atoms with E-state index in [9.17, 15) is 9.59 Å². The van der Waals surface area contributed by atoms with Crippen LogP contribution in [0.5, 0.6) is 17.2 Å². The molecule has 5 rings (SSSR count). The lowest BCUT2D eigenvalue weighted by Gasteiger charge is -2.33. The first-order valence-electron chi connectivity index (χ1n) is 13.4. The van der Waals surface area contributed by atoms with Crippen LogP contribution in [0.3, 0.4) is 0 Å². The maximum atomic E-state index is 13.1. The topological polar surface area (TPSA) is 112 Å². The number of hydrogen-bond acceptors (Lipinski definition) is 6. The number of carbonyl (C=O) groups is 2. The minimum absolute atomic E-state index is 0.133. The van der Waals surface area contributed by atoms with Crippen molar-refractivity contribution in [3.05, 3.63) is 47.5 Å². The largest absolute Gasteiger partial charge is 0.495 e. The van der Waals surface area contributed by atoms with E-state index in [0.29, 0.717) is 40.1 Å². The Morgan fingerprint density at radius 2 is 1.51 bits per heavy atom. The molecule has 0 bridgehead atoms. The monoisotopic (exact) mass is 507 g/mol. The first-order valence-corrected chi connectivity index (χ1v) is 13.4. The van der Waals surface area contributed by atoms with Crippen molar-refractivity contribution in [2.75, 3.05) is 19.2 Å².